The Bertz CT molecular complexity index is 436. The van der Waals surface area contributed by atoms with Gasteiger partial charge in [-0.3, -0.25) is 0 Å². The van der Waals surface area contributed by atoms with Crippen LogP contribution in [0.4, 0.5) is 10.1 Å². The molecule has 0 radical (unpaired) electrons. The van der Waals surface area contributed by atoms with E-state index in [1.807, 2.05) is 6.92 Å². The van der Waals surface area contributed by atoms with Gasteiger partial charge in [0.05, 0.1) is 11.8 Å². The third kappa shape index (κ3) is 2.47. The van der Waals surface area contributed by atoms with Gasteiger partial charge in [-0.25, -0.2) is 4.39 Å². The minimum atomic E-state index is -0.268. The summed E-state index contributed by atoms with van der Waals surface area (Å²) in [6.07, 6.45) is 1.13. The Hall–Kier alpha value is -0.800. The molecule has 1 fully saturated rings. The number of hydrogen-bond acceptors (Lipinski definition) is 2. The van der Waals surface area contributed by atoms with E-state index >= 15 is 0 Å². The average Bonchev–Trinajstić information content (AvgIpc) is 2.32. The van der Waals surface area contributed by atoms with Crippen LogP contribution in [0.1, 0.15) is 27.2 Å². The van der Waals surface area contributed by atoms with Crippen LogP contribution in [0.3, 0.4) is 0 Å². The summed E-state index contributed by atoms with van der Waals surface area (Å²) in [5, 5.41) is 3.77. The van der Waals surface area contributed by atoms with Gasteiger partial charge < -0.3 is 10.1 Å². The molecule has 0 spiro atoms. The van der Waals surface area contributed by atoms with Crippen molar-refractivity contribution < 1.29 is 9.13 Å². The third-order valence-electron chi connectivity index (χ3n) is 3.80. The summed E-state index contributed by atoms with van der Waals surface area (Å²) >= 11 is 5.88. The fourth-order valence-corrected chi connectivity index (χ4v) is 2.58. The van der Waals surface area contributed by atoms with Crippen LogP contribution in [0, 0.1) is 11.2 Å². The fourth-order valence-electron chi connectivity index (χ4n) is 2.41. The van der Waals surface area contributed by atoms with Gasteiger partial charge in [-0.2, -0.15) is 0 Å². The van der Waals surface area contributed by atoms with E-state index in [1.165, 1.54) is 6.07 Å². The molecule has 1 N–H and O–H groups in total. The quantitative estimate of drug-likeness (QED) is 0.890. The van der Waals surface area contributed by atoms with E-state index in [1.54, 1.807) is 12.1 Å². The van der Waals surface area contributed by atoms with Gasteiger partial charge in [0.25, 0.3) is 0 Å². The van der Waals surface area contributed by atoms with Crippen LogP contribution >= 0.6 is 11.6 Å². The summed E-state index contributed by atoms with van der Waals surface area (Å²) < 4.78 is 19.3. The smallest absolute Gasteiger partial charge is 0.146 e. The Morgan fingerprint density at radius 3 is 2.83 bits per heavy atom. The maximum Gasteiger partial charge on any atom is 0.146 e. The Balaban J connectivity index is 2.05. The van der Waals surface area contributed by atoms with Crippen molar-refractivity contribution in [3.05, 3.63) is 29.0 Å². The molecule has 2 rings (SSSR count). The van der Waals surface area contributed by atoms with E-state index in [-0.39, 0.29) is 23.4 Å². The van der Waals surface area contributed by atoms with Crippen molar-refractivity contribution in [2.45, 2.75) is 39.3 Å². The predicted molar refractivity (Wildman–Crippen MR) is 72.6 cm³/mol. The van der Waals surface area contributed by atoms with E-state index in [4.69, 9.17) is 16.3 Å². The number of rotatable bonds is 4. The van der Waals surface area contributed by atoms with Gasteiger partial charge in [0.1, 0.15) is 5.82 Å². The standard InChI is InChI=1S/C14H19ClFNO/c1-4-18-13-8-12(14(13,2)3)17-11-7-9(15)5-6-10(11)16/h5-7,12-13,17H,4,8H2,1-3H3. The lowest BCUT2D eigenvalue weighted by Crippen LogP contribution is -2.58. The molecule has 0 aliphatic heterocycles. The number of benzene rings is 1. The normalized spacial score (nSPS) is 25.6. The molecule has 0 bridgehead atoms. The second-order valence-electron chi connectivity index (χ2n) is 5.32. The molecule has 0 amide bonds. The Labute approximate surface area is 112 Å². The summed E-state index contributed by atoms with van der Waals surface area (Å²) in [5.41, 5.74) is 0.473. The summed E-state index contributed by atoms with van der Waals surface area (Å²) in [4.78, 5) is 0. The molecule has 1 aliphatic rings. The first-order valence-electron chi connectivity index (χ1n) is 6.28. The van der Waals surface area contributed by atoms with Crippen LogP contribution in [-0.2, 0) is 4.74 Å². The van der Waals surface area contributed by atoms with Gasteiger partial charge in [0.15, 0.2) is 0 Å². The molecule has 1 aromatic carbocycles. The Kier molecular flexibility index (Phi) is 3.83. The first kappa shape index (κ1) is 13.6. The molecule has 100 valence electrons. The molecule has 0 saturated heterocycles. The fraction of sp³-hybridized carbons (Fsp3) is 0.571. The molecule has 2 nitrogen and oxygen atoms in total. The van der Waals surface area contributed by atoms with Crippen LogP contribution in [0.5, 0.6) is 0 Å². The van der Waals surface area contributed by atoms with Crippen molar-refractivity contribution in [3.63, 3.8) is 0 Å². The average molecular weight is 272 g/mol. The van der Waals surface area contributed by atoms with Gasteiger partial charge >= 0.3 is 0 Å². The molecule has 4 heteroatoms. The number of halogens is 2. The summed E-state index contributed by atoms with van der Waals surface area (Å²) in [6.45, 7) is 6.98. The topological polar surface area (TPSA) is 21.3 Å². The van der Waals surface area contributed by atoms with E-state index in [0.717, 1.165) is 6.42 Å². The van der Waals surface area contributed by atoms with Crippen LogP contribution in [-0.4, -0.2) is 18.8 Å². The van der Waals surface area contributed by atoms with Gasteiger partial charge in [0, 0.05) is 23.1 Å². The lowest BCUT2D eigenvalue weighted by molar-refractivity contribution is -0.0976. The molecule has 1 aromatic rings. The van der Waals surface area contributed by atoms with Crippen molar-refractivity contribution in [3.8, 4) is 0 Å². The highest BCUT2D eigenvalue weighted by molar-refractivity contribution is 6.30. The number of hydrogen-bond donors (Lipinski definition) is 1. The summed E-state index contributed by atoms with van der Waals surface area (Å²) in [5.74, 6) is -0.268. The van der Waals surface area contributed by atoms with E-state index in [9.17, 15) is 4.39 Å². The van der Waals surface area contributed by atoms with Crippen LogP contribution < -0.4 is 5.32 Å². The maximum atomic E-state index is 13.6. The zero-order chi connectivity index (χ0) is 13.3. The second-order valence-corrected chi connectivity index (χ2v) is 5.76. The SMILES string of the molecule is CCOC1CC(Nc2cc(Cl)ccc2F)C1(C)C. The number of ether oxygens (including phenoxy) is 1. The van der Waals surface area contributed by atoms with Crippen molar-refractivity contribution in [2.24, 2.45) is 5.41 Å². The lowest BCUT2D eigenvalue weighted by Gasteiger charge is -2.52. The number of anilines is 1. The van der Waals surface area contributed by atoms with Crippen LogP contribution in [0.2, 0.25) is 5.02 Å². The third-order valence-corrected chi connectivity index (χ3v) is 4.04. The van der Waals surface area contributed by atoms with Gasteiger partial charge in [0.2, 0.25) is 0 Å². The second kappa shape index (κ2) is 5.06. The zero-order valence-corrected chi connectivity index (χ0v) is 11.7. The van der Waals surface area contributed by atoms with Crippen LogP contribution in [0.15, 0.2) is 18.2 Å². The first-order valence-corrected chi connectivity index (χ1v) is 6.66. The summed E-state index contributed by atoms with van der Waals surface area (Å²) in [7, 11) is 0. The Morgan fingerprint density at radius 1 is 1.50 bits per heavy atom. The molecule has 0 aromatic heterocycles. The lowest BCUT2D eigenvalue weighted by atomic mass is 9.64. The maximum absolute atomic E-state index is 13.6. The highest BCUT2D eigenvalue weighted by atomic mass is 35.5. The van der Waals surface area contributed by atoms with Gasteiger partial charge in [-0.15, -0.1) is 0 Å². The van der Waals surface area contributed by atoms with Gasteiger partial charge in [-0.05, 0) is 31.5 Å². The zero-order valence-electron chi connectivity index (χ0n) is 11.0. The number of nitrogens with one attached hydrogen (secondary N) is 1. The minimum absolute atomic E-state index is 0.00473. The summed E-state index contributed by atoms with van der Waals surface area (Å²) in [6, 6.07) is 4.77. The van der Waals surface area contributed by atoms with E-state index in [0.29, 0.717) is 17.3 Å². The molecular weight excluding hydrogens is 253 g/mol. The van der Waals surface area contributed by atoms with Crippen molar-refractivity contribution >= 4 is 17.3 Å². The first-order chi connectivity index (χ1) is 8.45. The minimum Gasteiger partial charge on any atom is -0.379 e. The molecule has 18 heavy (non-hydrogen) atoms. The van der Waals surface area contributed by atoms with Crippen LogP contribution in [0.25, 0.3) is 0 Å². The highest BCUT2D eigenvalue weighted by Crippen LogP contribution is 2.44. The largest absolute Gasteiger partial charge is 0.379 e. The van der Waals surface area contributed by atoms with Crippen molar-refractivity contribution in [1.82, 2.24) is 0 Å². The molecular formula is C14H19ClFNO. The van der Waals surface area contributed by atoms with E-state index < -0.39 is 0 Å². The van der Waals surface area contributed by atoms with E-state index in [2.05, 4.69) is 19.2 Å². The Morgan fingerprint density at radius 2 is 2.22 bits per heavy atom. The molecule has 1 saturated carbocycles. The molecule has 2 unspecified atom stereocenters. The monoisotopic (exact) mass is 271 g/mol. The van der Waals surface area contributed by atoms with Crippen molar-refractivity contribution in [1.29, 1.82) is 0 Å². The van der Waals surface area contributed by atoms with Crippen molar-refractivity contribution in [2.75, 3.05) is 11.9 Å². The molecule has 1 aliphatic carbocycles. The predicted octanol–water partition coefficient (Wildman–Crippen LogP) is 4.09. The van der Waals surface area contributed by atoms with Gasteiger partial charge in [-0.1, -0.05) is 25.4 Å². The highest BCUT2D eigenvalue weighted by Gasteiger charge is 2.49. The molecule has 2 atom stereocenters. The molecule has 0 heterocycles.